The summed E-state index contributed by atoms with van der Waals surface area (Å²) in [5.41, 5.74) is 0.216. The minimum atomic E-state index is -4.69. The van der Waals surface area contributed by atoms with Crippen LogP contribution in [-0.2, 0) is 11.0 Å². The smallest absolute Gasteiger partial charge is 0.420 e. The molecule has 0 aromatic heterocycles. The Morgan fingerprint density at radius 2 is 1.88 bits per heavy atom. The summed E-state index contributed by atoms with van der Waals surface area (Å²) in [5, 5.41) is 4.90. The zero-order chi connectivity index (χ0) is 18.4. The quantitative estimate of drug-likeness (QED) is 0.791. The Morgan fingerprint density at radius 1 is 1.16 bits per heavy atom. The van der Waals surface area contributed by atoms with E-state index in [-0.39, 0.29) is 5.69 Å². The molecule has 132 valence electrons. The largest absolute Gasteiger partial charge is 0.486 e. The number of amides is 2. The highest BCUT2D eigenvalue weighted by Crippen LogP contribution is 2.37. The van der Waals surface area contributed by atoms with Gasteiger partial charge in [0.2, 0.25) is 0 Å². The Hall–Kier alpha value is -3.03. The highest BCUT2D eigenvalue weighted by molar-refractivity contribution is 6.00. The SMILES string of the molecule is Cc1ccccc1NC(=O)Nc1ccc(OCC=O)c(C(F)(F)F)c1. The van der Waals surface area contributed by atoms with E-state index in [1.165, 1.54) is 6.07 Å². The van der Waals surface area contributed by atoms with E-state index in [2.05, 4.69) is 10.6 Å². The van der Waals surface area contributed by atoms with Crippen molar-refractivity contribution in [2.24, 2.45) is 0 Å². The van der Waals surface area contributed by atoms with Crippen LogP contribution in [0.3, 0.4) is 0 Å². The van der Waals surface area contributed by atoms with Crippen molar-refractivity contribution in [2.45, 2.75) is 13.1 Å². The number of alkyl halides is 3. The molecule has 2 aromatic rings. The average Bonchev–Trinajstić information content (AvgIpc) is 2.55. The van der Waals surface area contributed by atoms with E-state index in [9.17, 15) is 22.8 Å². The summed E-state index contributed by atoms with van der Waals surface area (Å²) in [7, 11) is 0. The molecule has 2 aromatic carbocycles. The number of para-hydroxylation sites is 1. The number of carbonyl (C=O) groups excluding carboxylic acids is 2. The molecule has 0 saturated heterocycles. The van der Waals surface area contributed by atoms with Gasteiger partial charge in [0.15, 0.2) is 6.29 Å². The van der Waals surface area contributed by atoms with Crippen molar-refractivity contribution in [3.8, 4) is 5.75 Å². The van der Waals surface area contributed by atoms with Crippen molar-refractivity contribution in [2.75, 3.05) is 17.2 Å². The Kier molecular flexibility index (Phi) is 5.63. The van der Waals surface area contributed by atoms with Crippen LogP contribution in [0.15, 0.2) is 42.5 Å². The predicted octanol–water partition coefficient (Wildman–Crippen LogP) is 4.24. The first-order valence-electron chi connectivity index (χ1n) is 7.22. The third kappa shape index (κ3) is 4.97. The van der Waals surface area contributed by atoms with Crippen LogP contribution in [0.4, 0.5) is 29.3 Å². The molecule has 2 rings (SSSR count). The summed E-state index contributed by atoms with van der Waals surface area (Å²) in [6, 6.07) is 9.36. The Labute approximate surface area is 141 Å². The Morgan fingerprint density at radius 3 is 2.52 bits per heavy atom. The van der Waals surface area contributed by atoms with Gasteiger partial charge in [0.1, 0.15) is 12.4 Å². The fourth-order valence-electron chi connectivity index (χ4n) is 2.08. The van der Waals surface area contributed by atoms with Gasteiger partial charge in [0, 0.05) is 11.4 Å². The molecular formula is C17H15F3N2O3. The van der Waals surface area contributed by atoms with Crippen molar-refractivity contribution < 1.29 is 27.5 Å². The molecule has 0 saturated carbocycles. The van der Waals surface area contributed by atoms with E-state index in [4.69, 9.17) is 4.74 Å². The lowest BCUT2D eigenvalue weighted by molar-refractivity contribution is -0.139. The maximum Gasteiger partial charge on any atom is 0.420 e. The van der Waals surface area contributed by atoms with E-state index < -0.39 is 30.1 Å². The third-order valence-corrected chi connectivity index (χ3v) is 3.24. The van der Waals surface area contributed by atoms with Crippen LogP contribution in [0, 0.1) is 6.92 Å². The number of hydrogen-bond donors (Lipinski definition) is 2. The standard InChI is InChI=1S/C17H15F3N2O3/c1-11-4-2-3-5-14(11)22-16(24)21-12-6-7-15(25-9-8-23)13(10-12)17(18,19)20/h2-8,10H,9H2,1H3,(H2,21,22,24). The summed E-state index contributed by atoms with van der Waals surface area (Å²) < 4.78 is 44.1. The van der Waals surface area contributed by atoms with Crippen molar-refractivity contribution in [1.82, 2.24) is 0 Å². The molecule has 0 fully saturated rings. The zero-order valence-electron chi connectivity index (χ0n) is 13.2. The van der Waals surface area contributed by atoms with Gasteiger partial charge in [-0.3, -0.25) is 4.79 Å². The van der Waals surface area contributed by atoms with Crippen LogP contribution in [0.5, 0.6) is 5.75 Å². The monoisotopic (exact) mass is 352 g/mol. The van der Waals surface area contributed by atoms with Gasteiger partial charge in [0.25, 0.3) is 0 Å². The topological polar surface area (TPSA) is 67.4 Å². The minimum absolute atomic E-state index is 0.0585. The highest BCUT2D eigenvalue weighted by atomic mass is 19.4. The predicted molar refractivity (Wildman–Crippen MR) is 86.8 cm³/mol. The Bertz CT molecular complexity index is 776. The number of aldehydes is 1. The molecule has 0 aliphatic carbocycles. The number of anilines is 2. The maximum atomic E-state index is 13.1. The van der Waals surface area contributed by atoms with E-state index in [1.807, 2.05) is 0 Å². The van der Waals surface area contributed by atoms with E-state index in [0.717, 1.165) is 17.7 Å². The van der Waals surface area contributed by atoms with E-state index in [0.29, 0.717) is 12.0 Å². The molecule has 0 atom stereocenters. The zero-order valence-corrected chi connectivity index (χ0v) is 13.2. The number of carbonyl (C=O) groups is 2. The van der Waals surface area contributed by atoms with E-state index >= 15 is 0 Å². The number of hydrogen-bond acceptors (Lipinski definition) is 3. The molecule has 0 aliphatic rings. The number of nitrogens with one attached hydrogen (secondary N) is 2. The molecule has 25 heavy (non-hydrogen) atoms. The molecular weight excluding hydrogens is 337 g/mol. The summed E-state index contributed by atoms with van der Waals surface area (Å²) in [6.45, 7) is 1.29. The lowest BCUT2D eigenvalue weighted by atomic mass is 10.1. The summed E-state index contributed by atoms with van der Waals surface area (Å²) in [4.78, 5) is 22.3. The molecule has 0 unspecified atom stereocenters. The summed E-state index contributed by atoms with van der Waals surface area (Å²) >= 11 is 0. The van der Waals surface area contributed by atoms with Gasteiger partial charge in [-0.15, -0.1) is 0 Å². The minimum Gasteiger partial charge on any atom is -0.486 e. The first kappa shape index (κ1) is 18.3. The fourth-order valence-corrected chi connectivity index (χ4v) is 2.08. The molecule has 0 aliphatic heterocycles. The fraction of sp³-hybridized carbons (Fsp3) is 0.176. The van der Waals surface area contributed by atoms with Crippen molar-refractivity contribution in [3.05, 3.63) is 53.6 Å². The van der Waals surface area contributed by atoms with Gasteiger partial charge in [-0.25, -0.2) is 4.79 Å². The lowest BCUT2D eigenvalue weighted by Crippen LogP contribution is -2.20. The summed E-state index contributed by atoms with van der Waals surface area (Å²) in [5.74, 6) is -0.482. The Balaban J connectivity index is 2.17. The van der Waals surface area contributed by atoms with Gasteiger partial charge in [-0.2, -0.15) is 13.2 Å². The van der Waals surface area contributed by atoms with Gasteiger partial charge >= 0.3 is 12.2 Å². The van der Waals surface area contributed by atoms with Crippen LogP contribution >= 0.6 is 0 Å². The normalized spacial score (nSPS) is 10.9. The van der Waals surface area contributed by atoms with Gasteiger partial charge < -0.3 is 15.4 Å². The lowest BCUT2D eigenvalue weighted by Gasteiger charge is -2.15. The number of aryl methyl sites for hydroxylation is 1. The van der Waals surface area contributed by atoms with Crippen LogP contribution in [0.2, 0.25) is 0 Å². The van der Waals surface area contributed by atoms with Gasteiger partial charge in [0.05, 0.1) is 5.56 Å². The number of benzene rings is 2. The second-order valence-electron chi connectivity index (χ2n) is 5.08. The number of urea groups is 1. The van der Waals surface area contributed by atoms with Crippen molar-refractivity contribution in [1.29, 1.82) is 0 Å². The third-order valence-electron chi connectivity index (χ3n) is 3.24. The molecule has 2 amide bonds. The maximum absolute atomic E-state index is 13.1. The van der Waals surface area contributed by atoms with Crippen LogP contribution in [0.25, 0.3) is 0 Å². The van der Waals surface area contributed by atoms with Crippen molar-refractivity contribution >= 4 is 23.7 Å². The van der Waals surface area contributed by atoms with E-state index in [1.54, 1.807) is 31.2 Å². The molecule has 0 radical (unpaired) electrons. The second-order valence-corrected chi connectivity index (χ2v) is 5.08. The molecule has 0 bridgehead atoms. The first-order chi connectivity index (χ1) is 11.8. The molecule has 2 N–H and O–H groups in total. The molecule has 8 heteroatoms. The molecule has 0 heterocycles. The second kappa shape index (κ2) is 7.69. The van der Waals surface area contributed by atoms with Gasteiger partial charge in [-0.1, -0.05) is 18.2 Å². The summed E-state index contributed by atoms with van der Waals surface area (Å²) in [6.07, 6.45) is -4.34. The highest BCUT2D eigenvalue weighted by Gasteiger charge is 2.34. The first-order valence-corrected chi connectivity index (χ1v) is 7.22. The number of ether oxygens (including phenoxy) is 1. The average molecular weight is 352 g/mol. The van der Waals surface area contributed by atoms with Crippen LogP contribution < -0.4 is 15.4 Å². The molecule has 0 spiro atoms. The van der Waals surface area contributed by atoms with Crippen molar-refractivity contribution in [3.63, 3.8) is 0 Å². The van der Waals surface area contributed by atoms with Gasteiger partial charge in [-0.05, 0) is 36.8 Å². The van der Waals surface area contributed by atoms with Crippen LogP contribution in [0.1, 0.15) is 11.1 Å². The molecule has 5 nitrogen and oxygen atoms in total. The van der Waals surface area contributed by atoms with Crippen LogP contribution in [-0.4, -0.2) is 18.9 Å². The number of halogens is 3. The number of rotatable bonds is 5.